The van der Waals surface area contributed by atoms with Crippen LogP contribution in [0.25, 0.3) is 10.8 Å². The fourth-order valence-corrected chi connectivity index (χ4v) is 1.71. The number of fused-ring (bicyclic) bond motifs is 1. The standard InChI is InChI=1S/C14H16B/c1-11(2)10-15-14-8-7-12-5-3-4-6-13(12)9-14/h3-9,11H,10H2,1-2H3. The molecule has 75 valence electrons. The highest BCUT2D eigenvalue weighted by atomic mass is 13.9. The van der Waals surface area contributed by atoms with Crippen molar-refractivity contribution in [3.8, 4) is 0 Å². The lowest BCUT2D eigenvalue weighted by Crippen LogP contribution is -2.14. The number of hydrogen-bond acceptors (Lipinski definition) is 0. The highest BCUT2D eigenvalue weighted by Crippen LogP contribution is 2.11. The third-order valence-electron chi connectivity index (χ3n) is 2.60. The molecule has 0 saturated carbocycles. The largest absolute Gasteiger partial charge is 0.151 e. The Kier molecular flexibility index (Phi) is 3.10. The highest BCUT2D eigenvalue weighted by Gasteiger charge is 2.00. The summed E-state index contributed by atoms with van der Waals surface area (Å²) >= 11 is 0. The second-order valence-electron chi connectivity index (χ2n) is 4.44. The summed E-state index contributed by atoms with van der Waals surface area (Å²) in [5.41, 5.74) is 1.34. The molecule has 1 heteroatoms. The summed E-state index contributed by atoms with van der Waals surface area (Å²) in [5, 5.41) is 2.65. The second kappa shape index (κ2) is 4.52. The molecule has 0 aliphatic carbocycles. The van der Waals surface area contributed by atoms with E-state index in [9.17, 15) is 0 Å². The molecular weight excluding hydrogens is 179 g/mol. The van der Waals surface area contributed by atoms with E-state index in [0.29, 0.717) is 0 Å². The number of benzene rings is 2. The van der Waals surface area contributed by atoms with Gasteiger partial charge in [-0.05, 0) is 10.8 Å². The van der Waals surface area contributed by atoms with Crippen LogP contribution in [0.1, 0.15) is 13.8 Å². The lowest BCUT2D eigenvalue weighted by atomic mass is 9.64. The predicted molar refractivity (Wildman–Crippen MR) is 69.0 cm³/mol. The molecule has 0 fully saturated rings. The van der Waals surface area contributed by atoms with Crippen LogP contribution in [0.3, 0.4) is 0 Å². The molecule has 0 spiro atoms. The van der Waals surface area contributed by atoms with Gasteiger partial charge < -0.3 is 0 Å². The van der Waals surface area contributed by atoms with Gasteiger partial charge >= 0.3 is 0 Å². The summed E-state index contributed by atoms with van der Waals surface area (Å²) in [6.45, 7) is 4.50. The molecule has 0 atom stereocenters. The van der Waals surface area contributed by atoms with Gasteiger partial charge in [0.15, 0.2) is 7.28 Å². The van der Waals surface area contributed by atoms with Crippen LogP contribution in [-0.4, -0.2) is 7.28 Å². The maximum absolute atomic E-state index is 2.32. The van der Waals surface area contributed by atoms with Gasteiger partial charge in [0, 0.05) is 0 Å². The minimum absolute atomic E-state index is 0.733. The zero-order chi connectivity index (χ0) is 10.7. The topological polar surface area (TPSA) is 0 Å². The van der Waals surface area contributed by atoms with E-state index in [0.717, 1.165) is 12.2 Å². The molecule has 0 nitrogen and oxygen atoms in total. The smallest absolute Gasteiger partial charge is 0.0872 e. The fraction of sp³-hybridized carbons (Fsp3) is 0.286. The van der Waals surface area contributed by atoms with Crippen LogP contribution >= 0.6 is 0 Å². The Morgan fingerprint density at radius 3 is 2.47 bits per heavy atom. The van der Waals surface area contributed by atoms with E-state index in [4.69, 9.17) is 0 Å². The summed E-state index contributed by atoms with van der Waals surface area (Å²) in [4.78, 5) is 0. The van der Waals surface area contributed by atoms with Gasteiger partial charge in [0.2, 0.25) is 0 Å². The molecule has 0 amide bonds. The van der Waals surface area contributed by atoms with Gasteiger partial charge in [-0.2, -0.15) is 0 Å². The Balaban J connectivity index is 2.23. The zero-order valence-electron chi connectivity index (χ0n) is 9.40. The second-order valence-corrected chi connectivity index (χ2v) is 4.44. The molecule has 2 aromatic rings. The predicted octanol–water partition coefficient (Wildman–Crippen LogP) is 3.24. The normalized spacial score (nSPS) is 10.9. The molecule has 0 bridgehead atoms. The third-order valence-corrected chi connectivity index (χ3v) is 2.60. The van der Waals surface area contributed by atoms with Gasteiger partial charge in [-0.1, -0.05) is 74.0 Å². The summed E-state index contributed by atoms with van der Waals surface area (Å²) in [5.74, 6) is 0.733. The van der Waals surface area contributed by atoms with Crippen LogP contribution in [0.2, 0.25) is 6.32 Å². The molecule has 0 N–H and O–H groups in total. The first-order valence-electron chi connectivity index (χ1n) is 5.58. The molecule has 0 saturated heterocycles. The molecule has 15 heavy (non-hydrogen) atoms. The zero-order valence-corrected chi connectivity index (χ0v) is 9.40. The van der Waals surface area contributed by atoms with Gasteiger partial charge in [-0.3, -0.25) is 0 Å². The summed E-state index contributed by atoms with van der Waals surface area (Å²) in [6, 6.07) is 15.2. The number of rotatable bonds is 3. The molecule has 0 aromatic heterocycles. The Morgan fingerprint density at radius 2 is 1.73 bits per heavy atom. The maximum atomic E-state index is 2.32. The summed E-state index contributed by atoms with van der Waals surface area (Å²) < 4.78 is 0. The van der Waals surface area contributed by atoms with Crippen molar-refractivity contribution in [2.24, 2.45) is 5.92 Å². The van der Waals surface area contributed by atoms with Crippen LogP contribution in [0.5, 0.6) is 0 Å². The van der Waals surface area contributed by atoms with Crippen molar-refractivity contribution >= 4 is 23.5 Å². The monoisotopic (exact) mass is 195 g/mol. The van der Waals surface area contributed by atoms with Crippen molar-refractivity contribution < 1.29 is 0 Å². The van der Waals surface area contributed by atoms with E-state index in [1.165, 1.54) is 16.2 Å². The molecule has 0 aliphatic heterocycles. The van der Waals surface area contributed by atoms with Crippen molar-refractivity contribution in [1.82, 2.24) is 0 Å². The molecule has 2 rings (SSSR count). The fourth-order valence-electron chi connectivity index (χ4n) is 1.71. The molecule has 0 aliphatic rings. The quantitative estimate of drug-likeness (QED) is 0.659. The minimum atomic E-state index is 0.733. The SMILES string of the molecule is CC(C)C[B]c1ccc2ccccc2c1. The average molecular weight is 195 g/mol. The lowest BCUT2D eigenvalue weighted by molar-refractivity contribution is 0.732. The van der Waals surface area contributed by atoms with Crippen molar-refractivity contribution in [2.45, 2.75) is 20.2 Å². The van der Waals surface area contributed by atoms with Crippen LogP contribution < -0.4 is 5.46 Å². The van der Waals surface area contributed by atoms with Gasteiger partial charge in [0.25, 0.3) is 0 Å². The van der Waals surface area contributed by atoms with Crippen molar-refractivity contribution in [1.29, 1.82) is 0 Å². The van der Waals surface area contributed by atoms with Gasteiger partial charge in [-0.15, -0.1) is 0 Å². The van der Waals surface area contributed by atoms with Crippen LogP contribution in [0.4, 0.5) is 0 Å². The summed E-state index contributed by atoms with van der Waals surface area (Å²) in [7, 11) is 2.32. The maximum Gasteiger partial charge on any atom is 0.151 e. The van der Waals surface area contributed by atoms with Crippen molar-refractivity contribution in [3.63, 3.8) is 0 Å². The van der Waals surface area contributed by atoms with Gasteiger partial charge in [0.1, 0.15) is 0 Å². The lowest BCUT2D eigenvalue weighted by Gasteiger charge is -2.04. The Labute approximate surface area is 92.6 Å². The van der Waals surface area contributed by atoms with Crippen molar-refractivity contribution in [3.05, 3.63) is 42.5 Å². The van der Waals surface area contributed by atoms with E-state index in [-0.39, 0.29) is 0 Å². The van der Waals surface area contributed by atoms with Crippen molar-refractivity contribution in [2.75, 3.05) is 0 Å². The van der Waals surface area contributed by atoms with E-state index >= 15 is 0 Å². The molecule has 2 aromatic carbocycles. The minimum Gasteiger partial charge on any atom is -0.0872 e. The first-order chi connectivity index (χ1) is 7.25. The van der Waals surface area contributed by atoms with Gasteiger partial charge in [-0.25, -0.2) is 0 Å². The Hall–Kier alpha value is -1.24. The molecule has 0 unspecified atom stereocenters. The van der Waals surface area contributed by atoms with Crippen LogP contribution in [0, 0.1) is 5.92 Å². The average Bonchev–Trinajstić information content (AvgIpc) is 2.26. The van der Waals surface area contributed by atoms with E-state index in [2.05, 4.69) is 63.6 Å². The summed E-state index contributed by atoms with van der Waals surface area (Å²) in [6.07, 6.45) is 1.15. The first-order valence-corrected chi connectivity index (χ1v) is 5.58. The Bertz CT molecular complexity index is 446. The van der Waals surface area contributed by atoms with E-state index in [1.807, 2.05) is 0 Å². The first kappa shape index (κ1) is 10.3. The molecule has 0 heterocycles. The van der Waals surface area contributed by atoms with E-state index < -0.39 is 0 Å². The third kappa shape index (κ3) is 2.62. The number of hydrogen-bond donors (Lipinski definition) is 0. The van der Waals surface area contributed by atoms with E-state index in [1.54, 1.807) is 0 Å². The van der Waals surface area contributed by atoms with Crippen LogP contribution in [-0.2, 0) is 0 Å². The van der Waals surface area contributed by atoms with Gasteiger partial charge in [0.05, 0.1) is 0 Å². The molecular formula is C14H16B. The Morgan fingerprint density at radius 1 is 1.00 bits per heavy atom. The molecule has 1 radical (unpaired) electrons. The highest BCUT2D eigenvalue weighted by molar-refractivity contribution is 6.53. The van der Waals surface area contributed by atoms with Crippen LogP contribution in [0.15, 0.2) is 42.5 Å².